The van der Waals surface area contributed by atoms with Crippen molar-refractivity contribution in [2.45, 2.75) is 71.3 Å². The normalized spacial score (nSPS) is 26.9. The first-order valence-corrected chi connectivity index (χ1v) is 11.3. The molecule has 0 radical (unpaired) electrons. The summed E-state index contributed by atoms with van der Waals surface area (Å²) in [6.45, 7) is 6.11. The molecule has 2 aliphatic carbocycles. The van der Waals surface area contributed by atoms with E-state index in [9.17, 15) is 9.59 Å². The van der Waals surface area contributed by atoms with Crippen LogP contribution in [0.15, 0.2) is 45.0 Å². The zero-order valence-electron chi connectivity index (χ0n) is 17.3. The lowest BCUT2D eigenvalue weighted by molar-refractivity contribution is -0.151. The van der Waals surface area contributed by atoms with Gasteiger partial charge in [-0.2, -0.15) is 0 Å². The highest BCUT2D eigenvalue weighted by atomic mass is 79.9. The summed E-state index contributed by atoms with van der Waals surface area (Å²) in [5.41, 5.74) is 3.13. The highest BCUT2D eigenvalue weighted by Crippen LogP contribution is 2.49. The highest BCUT2D eigenvalue weighted by molar-refractivity contribution is 9.10. The molecule has 1 aliphatic heterocycles. The summed E-state index contributed by atoms with van der Waals surface area (Å²) in [4.78, 5) is 31.4. The van der Waals surface area contributed by atoms with Crippen molar-refractivity contribution in [1.82, 2.24) is 0 Å². The number of hydrogen-bond donors (Lipinski definition) is 0. The fourth-order valence-corrected chi connectivity index (χ4v) is 5.59. The highest BCUT2D eigenvalue weighted by Gasteiger charge is 2.46. The topological polar surface area (TPSA) is 55.7 Å². The van der Waals surface area contributed by atoms with Gasteiger partial charge in [0.05, 0.1) is 0 Å². The molecule has 0 aromatic heterocycles. The summed E-state index contributed by atoms with van der Waals surface area (Å²) in [5, 5.41) is 0. The molecular weight excluding hydrogens is 430 g/mol. The number of allylic oxidation sites excluding steroid dienone is 2. The third-order valence-electron chi connectivity index (χ3n) is 6.38. The van der Waals surface area contributed by atoms with Gasteiger partial charge in [0.15, 0.2) is 5.78 Å². The SMILES string of the molecule is CC1=NC2=C(C(=O)CC(C)(C)C2)[C@H](c2ccccc2Br)C1C(=O)OC1CCCC1. The Kier molecular flexibility index (Phi) is 5.54. The van der Waals surface area contributed by atoms with Crippen LogP contribution in [0, 0.1) is 11.3 Å². The van der Waals surface area contributed by atoms with Crippen molar-refractivity contribution in [3.05, 3.63) is 45.6 Å². The minimum absolute atomic E-state index is 0.00784. The average Bonchev–Trinajstić information content (AvgIpc) is 3.12. The maximum atomic E-state index is 13.3. The van der Waals surface area contributed by atoms with E-state index in [2.05, 4.69) is 29.8 Å². The average molecular weight is 458 g/mol. The van der Waals surface area contributed by atoms with E-state index in [1.165, 1.54) is 0 Å². The number of ether oxygens (including phenoxy) is 1. The maximum Gasteiger partial charge on any atom is 0.315 e. The molecule has 3 aliphatic rings. The summed E-state index contributed by atoms with van der Waals surface area (Å²) in [5.74, 6) is -1.05. The van der Waals surface area contributed by atoms with E-state index in [0.29, 0.717) is 12.0 Å². The second-order valence-corrected chi connectivity index (χ2v) is 10.2. The van der Waals surface area contributed by atoms with Gasteiger partial charge >= 0.3 is 5.97 Å². The Labute approximate surface area is 180 Å². The van der Waals surface area contributed by atoms with Crippen LogP contribution in [0.5, 0.6) is 0 Å². The number of rotatable bonds is 3. The zero-order valence-corrected chi connectivity index (χ0v) is 18.9. The van der Waals surface area contributed by atoms with Gasteiger partial charge in [-0.05, 0) is 56.1 Å². The monoisotopic (exact) mass is 457 g/mol. The van der Waals surface area contributed by atoms with Gasteiger partial charge in [0.1, 0.15) is 12.0 Å². The fourth-order valence-electron chi connectivity index (χ4n) is 5.06. The summed E-state index contributed by atoms with van der Waals surface area (Å²) in [7, 11) is 0. The molecule has 154 valence electrons. The molecule has 1 unspecified atom stereocenters. The maximum absolute atomic E-state index is 13.3. The molecule has 1 aromatic rings. The molecule has 29 heavy (non-hydrogen) atoms. The van der Waals surface area contributed by atoms with Crippen LogP contribution in [0.4, 0.5) is 0 Å². The van der Waals surface area contributed by atoms with Crippen molar-refractivity contribution in [1.29, 1.82) is 0 Å². The van der Waals surface area contributed by atoms with E-state index >= 15 is 0 Å². The van der Waals surface area contributed by atoms with E-state index in [1.54, 1.807) is 0 Å². The number of carbonyl (C=O) groups excluding carboxylic acids is 2. The summed E-state index contributed by atoms with van der Waals surface area (Å²) in [6.07, 6.45) is 5.28. The molecule has 0 bridgehead atoms. The number of benzene rings is 1. The van der Waals surface area contributed by atoms with Gasteiger partial charge in [-0.3, -0.25) is 14.6 Å². The third-order valence-corrected chi connectivity index (χ3v) is 7.10. The van der Waals surface area contributed by atoms with Crippen molar-refractivity contribution in [3.8, 4) is 0 Å². The van der Waals surface area contributed by atoms with Crippen LogP contribution in [0.2, 0.25) is 0 Å². The molecule has 0 saturated heterocycles. The zero-order chi connectivity index (χ0) is 20.8. The molecule has 4 rings (SSSR count). The van der Waals surface area contributed by atoms with Crippen LogP contribution in [0.25, 0.3) is 0 Å². The smallest absolute Gasteiger partial charge is 0.315 e. The molecule has 4 nitrogen and oxygen atoms in total. The number of hydrogen-bond acceptors (Lipinski definition) is 4. The van der Waals surface area contributed by atoms with E-state index in [4.69, 9.17) is 9.73 Å². The van der Waals surface area contributed by atoms with Gasteiger partial charge in [0, 0.05) is 33.8 Å². The lowest BCUT2D eigenvalue weighted by atomic mass is 9.67. The Balaban J connectivity index is 1.80. The van der Waals surface area contributed by atoms with Crippen molar-refractivity contribution in [2.75, 3.05) is 0 Å². The number of carbonyl (C=O) groups is 2. The molecule has 5 heteroatoms. The fraction of sp³-hybridized carbons (Fsp3) is 0.542. The Hall–Kier alpha value is -1.75. The minimum atomic E-state index is -0.557. The Bertz CT molecular complexity index is 908. The first-order chi connectivity index (χ1) is 13.8. The van der Waals surface area contributed by atoms with Crippen LogP contribution in [0.1, 0.15) is 70.8 Å². The predicted molar refractivity (Wildman–Crippen MR) is 117 cm³/mol. The Morgan fingerprint density at radius 1 is 1.17 bits per heavy atom. The van der Waals surface area contributed by atoms with Gasteiger partial charge in [0.25, 0.3) is 0 Å². The van der Waals surface area contributed by atoms with Gasteiger partial charge in [0.2, 0.25) is 0 Å². The van der Waals surface area contributed by atoms with Gasteiger partial charge in [-0.15, -0.1) is 0 Å². The van der Waals surface area contributed by atoms with E-state index in [1.807, 2.05) is 31.2 Å². The Morgan fingerprint density at radius 3 is 2.55 bits per heavy atom. The third kappa shape index (κ3) is 3.98. The first-order valence-electron chi connectivity index (χ1n) is 10.5. The van der Waals surface area contributed by atoms with E-state index in [0.717, 1.165) is 53.5 Å². The van der Waals surface area contributed by atoms with Crippen molar-refractivity contribution >= 4 is 33.4 Å². The lowest BCUT2D eigenvalue weighted by Crippen LogP contribution is -2.40. The molecule has 0 spiro atoms. The largest absolute Gasteiger partial charge is 0.462 e. The quantitative estimate of drug-likeness (QED) is 0.542. The molecule has 1 fully saturated rings. The molecule has 1 saturated carbocycles. The van der Waals surface area contributed by atoms with Crippen molar-refractivity contribution in [3.63, 3.8) is 0 Å². The van der Waals surface area contributed by atoms with Gasteiger partial charge in [-0.25, -0.2) is 0 Å². The number of esters is 1. The summed E-state index contributed by atoms with van der Waals surface area (Å²) in [6, 6.07) is 7.87. The molecule has 2 atom stereocenters. The predicted octanol–water partition coefficient (Wildman–Crippen LogP) is 5.75. The van der Waals surface area contributed by atoms with Gasteiger partial charge < -0.3 is 4.74 Å². The molecule has 1 heterocycles. The van der Waals surface area contributed by atoms with Crippen LogP contribution < -0.4 is 0 Å². The van der Waals surface area contributed by atoms with E-state index in [-0.39, 0.29) is 29.2 Å². The second-order valence-electron chi connectivity index (χ2n) is 9.37. The number of halogens is 1. The number of aliphatic imine (C=N–C) groups is 1. The molecular formula is C24H28BrNO3. The lowest BCUT2D eigenvalue weighted by Gasteiger charge is -2.39. The van der Waals surface area contributed by atoms with Crippen molar-refractivity contribution < 1.29 is 14.3 Å². The number of Topliss-reactive ketones (excluding diaryl/α,β-unsaturated/α-hetero) is 1. The second kappa shape index (κ2) is 7.82. The minimum Gasteiger partial charge on any atom is -0.462 e. The molecule has 1 aromatic carbocycles. The first kappa shape index (κ1) is 20.5. The molecule has 0 N–H and O–H groups in total. The van der Waals surface area contributed by atoms with Crippen LogP contribution in [-0.2, 0) is 14.3 Å². The van der Waals surface area contributed by atoms with Crippen LogP contribution >= 0.6 is 15.9 Å². The summed E-state index contributed by atoms with van der Waals surface area (Å²) < 4.78 is 6.81. The van der Waals surface area contributed by atoms with E-state index < -0.39 is 5.92 Å². The summed E-state index contributed by atoms with van der Waals surface area (Å²) >= 11 is 3.65. The van der Waals surface area contributed by atoms with Gasteiger partial charge in [-0.1, -0.05) is 48.0 Å². The number of nitrogens with zero attached hydrogens (tertiary/aromatic N) is 1. The number of ketones is 1. The van der Waals surface area contributed by atoms with Crippen LogP contribution in [-0.4, -0.2) is 23.6 Å². The Morgan fingerprint density at radius 2 is 1.86 bits per heavy atom. The van der Waals surface area contributed by atoms with Crippen LogP contribution in [0.3, 0.4) is 0 Å². The van der Waals surface area contributed by atoms with Crippen molar-refractivity contribution in [2.24, 2.45) is 16.3 Å². The molecule has 0 amide bonds. The standard InChI is InChI=1S/C24H28BrNO3/c1-14-20(23(28)29-15-8-4-5-9-15)21(16-10-6-7-11-17(16)25)22-18(26-14)12-24(2,3)13-19(22)27/h6-7,10-11,15,20-21H,4-5,8-9,12-13H2,1-3H3/t20?,21-/m1/s1.